The largest absolute Gasteiger partial charge is 0.461 e. The molecule has 0 saturated carbocycles. The standard InChI is InChI=1S/C18H26N2O/c1-14-18(15-9-5-6-10-17(15)21-14)16(13-19)20-11-7-3-2-4-8-12-20/h5-6,9-10,16H,2-4,7-8,11-13,19H2,1H3. The van der Waals surface area contributed by atoms with Crippen LogP contribution in [0, 0.1) is 6.92 Å². The lowest BCUT2D eigenvalue weighted by molar-refractivity contribution is 0.183. The fourth-order valence-electron chi connectivity index (χ4n) is 3.63. The van der Waals surface area contributed by atoms with Crippen LogP contribution in [0.5, 0.6) is 0 Å². The van der Waals surface area contributed by atoms with Gasteiger partial charge in [0, 0.05) is 17.5 Å². The molecular formula is C18H26N2O. The summed E-state index contributed by atoms with van der Waals surface area (Å²) in [5, 5.41) is 1.23. The van der Waals surface area contributed by atoms with Gasteiger partial charge in [-0.3, -0.25) is 4.90 Å². The van der Waals surface area contributed by atoms with Crippen molar-refractivity contribution >= 4 is 11.0 Å². The van der Waals surface area contributed by atoms with Crippen LogP contribution in [0.4, 0.5) is 0 Å². The average Bonchev–Trinajstić information content (AvgIpc) is 2.78. The average molecular weight is 286 g/mol. The summed E-state index contributed by atoms with van der Waals surface area (Å²) in [5.41, 5.74) is 8.44. The Morgan fingerprint density at radius 2 is 1.76 bits per heavy atom. The number of hydrogen-bond acceptors (Lipinski definition) is 3. The van der Waals surface area contributed by atoms with Gasteiger partial charge in [0.25, 0.3) is 0 Å². The van der Waals surface area contributed by atoms with Crippen molar-refractivity contribution in [2.24, 2.45) is 5.73 Å². The molecule has 1 aliphatic rings. The molecule has 1 saturated heterocycles. The first-order chi connectivity index (χ1) is 10.3. The molecule has 1 aliphatic heterocycles. The number of likely N-dealkylation sites (tertiary alicyclic amines) is 1. The van der Waals surface area contributed by atoms with E-state index in [1.54, 1.807) is 0 Å². The van der Waals surface area contributed by atoms with E-state index >= 15 is 0 Å². The number of nitrogens with zero attached hydrogens (tertiary/aromatic N) is 1. The summed E-state index contributed by atoms with van der Waals surface area (Å²) < 4.78 is 5.95. The maximum Gasteiger partial charge on any atom is 0.134 e. The van der Waals surface area contributed by atoms with Gasteiger partial charge in [0.15, 0.2) is 0 Å². The topological polar surface area (TPSA) is 42.4 Å². The number of hydrogen-bond donors (Lipinski definition) is 1. The molecule has 1 unspecified atom stereocenters. The molecule has 3 nitrogen and oxygen atoms in total. The van der Waals surface area contributed by atoms with Gasteiger partial charge in [0.1, 0.15) is 11.3 Å². The summed E-state index contributed by atoms with van der Waals surface area (Å²) in [4.78, 5) is 2.57. The molecule has 1 aromatic carbocycles. The Labute approximate surface area is 127 Å². The summed E-state index contributed by atoms with van der Waals surface area (Å²) in [5.74, 6) is 1.02. The third-order valence-electron chi connectivity index (χ3n) is 4.71. The van der Waals surface area contributed by atoms with E-state index in [2.05, 4.69) is 24.0 Å². The molecule has 1 atom stereocenters. The molecule has 3 rings (SSSR count). The smallest absolute Gasteiger partial charge is 0.134 e. The van der Waals surface area contributed by atoms with Crippen LogP contribution in [0.1, 0.15) is 49.5 Å². The third kappa shape index (κ3) is 2.99. The van der Waals surface area contributed by atoms with Crippen molar-refractivity contribution in [3.05, 3.63) is 35.6 Å². The Morgan fingerprint density at radius 3 is 2.48 bits per heavy atom. The quantitative estimate of drug-likeness (QED) is 0.927. The number of aryl methyl sites for hydroxylation is 1. The first-order valence-electron chi connectivity index (χ1n) is 8.23. The lowest BCUT2D eigenvalue weighted by atomic mass is 9.99. The molecule has 1 fully saturated rings. The first kappa shape index (κ1) is 14.6. The highest BCUT2D eigenvalue weighted by atomic mass is 16.3. The van der Waals surface area contributed by atoms with Gasteiger partial charge in [0.2, 0.25) is 0 Å². The molecule has 114 valence electrons. The van der Waals surface area contributed by atoms with E-state index < -0.39 is 0 Å². The minimum absolute atomic E-state index is 0.284. The normalized spacial score (nSPS) is 19.3. The van der Waals surface area contributed by atoms with Gasteiger partial charge in [-0.1, -0.05) is 37.5 Å². The lowest BCUT2D eigenvalue weighted by Crippen LogP contribution is -2.36. The Balaban J connectivity index is 1.95. The zero-order chi connectivity index (χ0) is 14.7. The Morgan fingerprint density at radius 1 is 1.10 bits per heavy atom. The molecule has 2 heterocycles. The van der Waals surface area contributed by atoms with Crippen LogP contribution >= 0.6 is 0 Å². The molecule has 0 amide bonds. The van der Waals surface area contributed by atoms with Gasteiger partial charge in [-0.05, 0) is 38.9 Å². The lowest BCUT2D eigenvalue weighted by Gasteiger charge is -2.32. The van der Waals surface area contributed by atoms with E-state index in [0.29, 0.717) is 6.54 Å². The SMILES string of the molecule is Cc1oc2ccccc2c1C(CN)N1CCCCCCC1. The molecule has 1 aromatic heterocycles. The molecule has 0 bridgehead atoms. The predicted octanol–water partition coefficient (Wildman–Crippen LogP) is 4.01. The van der Waals surface area contributed by atoms with Gasteiger partial charge in [-0.15, -0.1) is 0 Å². The summed E-state index contributed by atoms with van der Waals surface area (Å²) in [6, 6.07) is 8.61. The van der Waals surface area contributed by atoms with Gasteiger partial charge >= 0.3 is 0 Å². The van der Waals surface area contributed by atoms with Crippen LogP contribution in [0.15, 0.2) is 28.7 Å². The monoisotopic (exact) mass is 286 g/mol. The molecular weight excluding hydrogens is 260 g/mol. The minimum atomic E-state index is 0.284. The van der Waals surface area contributed by atoms with Crippen molar-refractivity contribution in [2.45, 2.75) is 45.1 Å². The van der Waals surface area contributed by atoms with Crippen LogP contribution in [0.25, 0.3) is 11.0 Å². The highest BCUT2D eigenvalue weighted by Gasteiger charge is 2.25. The van der Waals surface area contributed by atoms with Crippen LogP contribution < -0.4 is 5.73 Å². The maximum absolute atomic E-state index is 6.16. The van der Waals surface area contributed by atoms with Gasteiger partial charge in [0.05, 0.1) is 6.04 Å². The van der Waals surface area contributed by atoms with Crippen LogP contribution in [-0.4, -0.2) is 24.5 Å². The van der Waals surface area contributed by atoms with Crippen molar-refractivity contribution in [1.29, 1.82) is 0 Å². The molecule has 0 aliphatic carbocycles. The fourth-order valence-corrected chi connectivity index (χ4v) is 3.63. The van der Waals surface area contributed by atoms with Gasteiger partial charge in [-0.25, -0.2) is 0 Å². The second-order valence-corrected chi connectivity index (χ2v) is 6.12. The van der Waals surface area contributed by atoms with Crippen molar-refractivity contribution < 1.29 is 4.42 Å². The Hall–Kier alpha value is -1.32. The molecule has 21 heavy (non-hydrogen) atoms. The number of benzene rings is 1. The molecule has 2 aromatic rings. The summed E-state index contributed by atoms with van der Waals surface area (Å²) in [6.07, 6.45) is 6.64. The second kappa shape index (κ2) is 6.63. The van der Waals surface area contributed by atoms with Gasteiger partial charge < -0.3 is 10.2 Å². The maximum atomic E-state index is 6.16. The summed E-state index contributed by atoms with van der Waals surface area (Å²) in [6.45, 7) is 5.04. The highest BCUT2D eigenvalue weighted by molar-refractivity contribution is 5.82. The van der Waals surface area contributed by atoms with Crippen molar-refractivity contribution in [3.8, 4) is 0 Å². The molecule has 3 heteroatoms. The van der Waals surface area contributed by atoms with E-state index in [4.69, 9.17) is 10.2 Å². The molecule has 0 radical (unpaired) electrons. The number of para-hydroxylation sites is 1. The predicted molar refractivity (Wildman–Crippen MR) is 87.4 cm³/mol. The van der Waals surface area contributed by atoms with E-state index in [1.165, 1.54) is 43.1 Å². The number of fused-ring (bicyclic) bond motifs is 1. The summed E-state index contributed by atoms with van der Waals surface area (Å²) >= 11 is 0. The second-order valence-electron chi connectivity index (χ2n) is 6.12. The van der Waals surface area contributed by atoms with Gasteiger partial charge in [-0.2, -0.15) is 0 Å². The van der Waals surface area contributed by atoms with E-state index in [-0.39, 0.29) is 6.04 Å². The molecule has 0 spiro atoms. The van der Waals surface area contributed by atoms with Crippen LogP contribution in [0.2, 0.25) is 0 Å². The zero-order valence-electron chi connectivity index (χ0n) is 13.0. The third-order valence-corrected chi connectivity index (χ3v) is 4.71. The fraction of sp³-hybridized carbons (Fsp3) is 0.556. The Bertz CT molecular complexity index is 582. The number of furan rings is 1. The zero-order valence-corrected chi connectivity index (χ0v) is 13.0. The van der Waals surface area contributed by atoms with Crippen molar-refractivity contribution in [2.75, 3.05) is 19.6 Å². The minimum Gasteiger partial charge on any atom is -0.461 e. The van der Waals surface area contributed by atoms with Crippen molar-refractivity contribution in [1.82, 2.24) is 4.90 Å². The van der Waals surface area contributed by atoms with E-state index in [9.17, 15) is 0 Å². The number of nitrogens with two attached hydrogens (primary N) is 1. The van der Waals surface area contributed by atoms with Crippen LogP contribution in [0.3, 0.4) is 0 Å². The molecule has 2 N–H and O–H groups in total. The van der Waals surface area contributed by atoms with Crippen LogP contribution in [-0.2, 0) is 0 Å². The van der Waals surface area contributed by atoms with Crippen molar-refractivity contribution in [3.63, 3.8) is 0 Å². The summed E-state index contributed by atoms with van der Waals surface area (Å²) in [7, 11) is 0. The highest BCUT2D eigenvalue weighted by Crippen LogP contribution is 2.33. The Kier molecular flexibility index (Phi) is 4.61. The first-order valence-corrected chi connectivity index (χ1v) is 8.23. The number of rotatable bonds is 3. The van der Waals surface area contributed by atoms with E-state index in [1.807, 2.05) is 12.1 Å². The van der Waals surface area contributed by atoms with E-state index in [0.717, 1.165) is 24.4 Å².